The van der Waals surface area contributed by atoms with Crippen molar-refractivity contribution < 1.29 is 14.3 Å². The van der Waals surface area contributed by atoms with E-state index in [4.69, 9.17) is 9.47 Å². The summed E-state index contributed by atoms with van der Waals surface area (Å²) in [4.78, 5) is 12.9. The first-order valence-electron chi connectivity index (χ1n) is 7.11. The highest BCUT2D eigenvalue weighted by molar-refractivity contribution is 6.12. The summed E-state index contributed by atoms with van der Waals surface area (Å²) in [5, 5.41) is 0. The second-order valence-corrected chi connectivity index (χ2v) is 5.36. The molecule has 3 rings (SSSR count). The number of hydrogen-bond donors (Lipinski definition) is 0. The van der Waals surface area contributed by atoms with Crippen LogP contribution in [0.5, 0.6) is 5.75 Å². The maximum Gasteiger partial charge on any atom is 0.197 e. The van der Waals surface area contributed by atoms with E-state index < -0.39 is 0 Å². The van der Waals surface area contributed by atoms with E-state index in [0.29, 0.717) is 17.9 Å². The molecule has 1 aliphatic heterocycles. The molecule has 3 nitrogen and oxygen atoms in total. The molecular formula is C18H18O3. The molecule has 108 valence electrons. The Bertz CT molecular complexity index is 672. The summed E-state index contributed by atoms with van der Waals surface area (Å²) >= 11 is 0. The van der Waals surface area contributed by atoms with Crippen molar-refractivity contribution in [3.8, 4) is 5.75 Å². The van der Waals surface area contributed by atoms with Gasteiger partial charge in [-0.3, -0.25) is 4.79 Å². The first-order chi connectivity index (χ1) is 10.2. The van der Waals surface area contributed by atoms with Gasteiger partial charge in [-0.25, -0.2) is 0 Å². The van der Waals surface area contributed by atoms with Crippen LogP contribution in [-0.2, 0) is 4.74 Å². The molecule has 1 saturated heterocycles. The SMILES string of the molecule is Cc1ccccc1C(=O)c1c(C)cccc1OCC1CO1. The van der Waals surface area contributed by atoms with Crippen LogP contribution in [0.15, 0.2) is 42.5 Å². The van der Waals surface area contributed by atoms with Crippen molar-refractivity contribution in [3.63, 3.8) is 0 Å². The Morgan fingerprint density at radius 1 is 1.14 bits per heavy atom. The standard InChI is InChI=1S/C18H18O3/c1-12-6-3-4-8-15(12)18(19)17-13(2)7-5-9-16(17)21-11-14-10-20-14/h3-9,14H,10-11H2,1-2H3. The van der Waals surface area contributed by atoms with E-state index >= 15 is 0 Å². The third kappa shape index (κ3) is 2.98. The lowest BCUT2D eigenvalue weighted by Crippen LogP contribution is -2.11. The predicted octanol–water partition coefficient (Wildman–Crippen LogP) is 3.31. The van der Waals surface area contributed by atoms with Crippen molar-refractivity contribution >= 4 is 5.78 Å². The maximum absolute atomic E-state index is 12.9. The molecule has 21 heavy (non-hydrogen) atoms. The van der Waals surface area contributed by atoms with Crippen LogP contribution in [0.1, 0.15) is 27.0 Å². The number of aryl methyl sites for hydroxylation is 2. The van der Waals surface area contributed by atoms with E-state index in [1.165, 1.54) is 0 Å². The molecule has 0 amide bonds. The second kappa shape index (κ2) is 5.70. The zero-order valence-corrected chi connectivity index (χ0v) is 12.3. The Balaban J connectivity index is 1.96. The number of carbonyl (C=O) groups excluding carboxylic acids is 1. The monoisotopic (exact) mass is 282 g/mol. The van der Waals surface area contributed by atoms with Gasteiger partial charge in [0.15, 0.2) is 5.78 Å². The maximum atomic E-state index is 12.9. The van der Waals surface area contributed by atoms with Crippen molar-refractivity contribution in [3.05, 3.63) is 64.7 Å². The Kier molecular flexibility index (Phi) is 3.76. The van der Waals surface area contributed by atoms with Crippen LogP contribution in [0, 0.1) is 13.8 Å². The van der Waals surface area contributed by atoms with Gasteiger partial charge in [0.05, 0.1) is 12.2 Å². The second-order valence-electron chi connectivity index (χ2n) is 5.36. The fourth-order valence-electron chi connectivity index (χ4n) is 2.36. The number of epoxide rings is 1. The van der Waals surface area contributed by atoms with E-state index in [1.807, 2.05) is 56.3 Å². The number of hydrogen-bond acceptors (Lipinski definition) is 3. The highest BCUT2D eigenvalue weighted by atomic mass is 16.6. The largest absolute Gasteiger partial charge is 0.490 e. The van der Waals surface area contributed by atoms with Crippen molar-refractivity contribution in [2.75, 3.05) is 13.2 Å². The first-order valence-corrected chi connectivity index (χ1v) is 7.11. The fraction of sp³-hybridized carbons (Fsp3) is 0.278. The summed E-state index contributed by atoms with van der Waals surface area (Å²) in [7, 11) is 0. The van der Waals surface area contributed by atoms with Gasteiger partial charge in [0, 0.05) is 5.56 Å². The Morgan fingerprint density at radius 2 is 1.86 bits per heavy atom. The molecule has 0 saturated carbocycles. The van der Waals surface area contributed by atoms with Gasteiger partial charge < -0.3 is 9.47 Å². The van der Waals surface area contributed by atoms with Gasteiger partial charge in [0.1, 0.15) is 18.5 Å². The van der Waals surface area contributed by atoms with Gasteiger partial charge in [-0.05, 0) is 31.0 Å². The Morgan fingerprint density at radius 3 is 2.57 bits per heavy atom. The highest BCUT2D eigenvalue weighted by Crippen LogP contribution is 2.27. The van der Waals surface area contributed by atoms with Crippen LogP contribution >= 0.6 is 0 Å². The lowest BCUT2D eigenvalue weighted by molar-refractivity contribution is 0.103. The fourth-order valence-corrected chi connectivity index (χ4v) is 2.36. The zero-order valence-electron chi connectivity index (χ0n) is 12.3. The van der Waals surface area contributed by atoms with E-state index in [0.717, 1.165) is 23.3 Å². The molecule has 1 heterocycles. The van der Waals surface area contributed by atoms with Crippen molar-refractivity contribution in [2.45, 2.75) is 20.0 Å². The molecule has 2 aromatic carbocycles. The molecule has 1 atom stereocenters. The number of ether oxygens (including phenoxy) is 2. The molecule has 1 aliphatic rings. The first kappa shape index (κ1) is 13.8. The lowest BCUT2D eigenvalue weighted by Gasteiger charge is -2.13. The van der Waals surface area contributed by atoms with Crippen LogP contribution in [0.2, 0.25) is 0 Å². The summed E-state index contributed by atoms with van der Waals surface area (Å²) in [6.07, 6.45) is 0.173. The summed E-state index contributed by atoms with van der Waals surface area (Å²) in [6.45, 7) is 5.13. The minimum atomic E-state index is 0.0120. The number of benzene rings is 2. The molecule has 0 aromatic heterocycles. The van der Waals surface area contributed by atoms with Gasteiger partial charge in [-0.1, -0.05) is 36.4 Å². The average molecular weight is 282 g/mol. The van der Waals surface area contributed by atoms with Gasteiger partial charge in [-0.2, -0.15) is 0 Å². The minimum Gasteiger partial charge on any atom is -0.490 e. The number of ketones is 1. The molecule has 1 unspecified atom stereocenters. The van der Waals surface area contributed by atoms with Gasteiger partial charge in [0.25, 0.3) is 0 Å². The molecule has 3 heteroatoms. The lowest BCUT2D eigenvalue weighted by atomic mass is 9.95. The summed E-state index contributed by atoms with van der Waals surface area (Å²) in [6, 6.07) is 13.3. The molecule has 0 aliphatic carbocycles. The molecule has 0 bridgehead atoms. The van der Waals surface area contributed by atoms with Crippen LogP contribution in [0.3, 0.4) is 0 Å². The smallest absolute Gasteiger partial charge is 0.197 e. The highest BCUT2D eigenvalue weighted by Gasteiger charge is 2.25. The molecule has 2 aromatic rings. The van der Waals surface area contributed by atoms with E-state index in [9.17, 15) is 4.79 Å². The van der Waals surface area contributed by atoms with E-state index in [-0.39, 0.29) is 11.9 Å². The van der Waals surface area contributed by atoms with Crippen LogP contribution in [-0.4, -0.2) is 25.1 Å². The van der Waals surface area contributed by atoms with Crippen molar-refractivity contribution in [1.29, 1.82) is 0 Å². The molecule has 0 spiro atoms. The van der Waals surface area contributed by atoms with Gasteiger partial charge in [0.2, 0.25) is 0 Å². The van der Waals surface area contributed by atoms with Gasteiger partial charge >= 0.3 is 0 Å². The van der Waals surface area contributed by atoms with Crippen molar-refractivity contribution in [1.82, 2.24) is 0 Å². The Labute approximate surface area is 124 Å². The predicted molar refractivity (Wildman–Crippen MR) is 81.0 cm³/mol. The summed E-state index contributed by atoms with van der Waals surface area (Å²) in [5.74, 6) is 0.650. The van der Waals surface area contributed by atoms with Crippen molar-refractivity contribution in [2.24, 2.45) is 0 Å². The van der Waals surface area contributed by atoms with Crippen LogP contribution in [0.4, 0.5) is 0 Å². The zero-order chi connectivity index (χ0) is 14.8. The Hall–Kier alpha value is -2.13. The normalized spacial score (nSPS) is 16.6. The molecular weight excluding hydrogens is 264 g/mol. The molecule has 1 fully saturated rings. The topological polar surface area (TPSA) is 38.8 Å². The molecule has 0 N–H and O–H groups in total. The number of carbonyl (C=O) groups is 1. The quantitative estimate of drug-likeness (QED) is 0.624. The minimum absolute atomic E-state index is 0.0120. The van der Waals surface area contributed by atoms with E-state index in [1.54, 1.807) is 0 Å². The molecule has 0 radical (unpaired) electrons. The van der Waals surface area contributed by atoms with Crippen LogP contribution in [0.25, 0.3) is 0 Å². The third-order valence-electron chi connectivity index (χ3n) is 3.68. The van der Waals surface area contributed by atoms with Gasteiger partial charge in [-0.15, -0.1) is 0 Å². The summed E-state index contributed by atoms with van der Waals surface area (Å²) < 4.78 is 10.9. The average Bonchev–Trinajstić information content (AvgIpc) is 3.29. The third-order valence-corrected chi connectivity index (χ3v) is 3.68. The van der Waals surface area contributed by atoms with Crippen LogP contribution < -0.4 is 4.74 Å². The number of rotatable bonds is 5. The van der Waals surface area contributed by atoms with E-state index in [2.05, 4.69) is 0 Å². The summed E-state index contributed by atoms with van der Waals surface area (Å²) in [5.41, 5.74) is 3.27.